The first kappa shape index (κ1) is 12.7. The normalized spacial score (nSPS) is 37.1. The highest BCUT2D eigenvalue weighted by Gasteiger charge is 2.41. The van der Waals surface area contributed by atoms with Gasteiger partial charge in [0.05, 0.1) is 5.60 Å². The third-order valence-electron chi connectivity index (χ3n) is 3.95. The molecule has 0 aliphatic carbocycles. The van der Waals surface area contributed by atoms with Gasteiger partial charge in [0, 0.05) is 18.4 Å². The van der Waals surface area contributed by atoms with Crippen LogP contribution in [0.2, 0.25) is 0 Å². The highest BCUT2D eigenvalue weighted by atomic mass is 32.2. The van der Waals surface area contributed by atoms with E-state index in [4.69, 9.17) is 10.5 Å². The van der Waals surface area contributed by atoms with Crippen LogP contribution in [0.4, 0.5) is 0 Å². The van der Waals surface area contributed by atoms with E-state index in [0.717, 1.165) is 13.0 Å². The molecule has 2 heterocycles. The molecular formula is C13H25NOS. The second-order valence-electron chi connectivity index (χ2n) is 5.88. The van der Waals surface area contributed by atoms with E-state index in [-0.39, 0.29) is 5.60 Å². The van der Waals surface area contributed by atoms with Crippen molar-refractivity contribution in [3.8, 4) is 0 Å². The Bertz CT molecular complexity index is 226. The number of thioether (sulfide) groups is 1. The van der Waals surface area contributed by atoms with Crippen molar-refractivity contribution in [3.63, 3.8) is 0 Å². The highest BCUT2D eigenvalue weighted by molar-refractivity contribution is 7.99. The van der Waals surface area contributed by atoms with Crippen LogP contribution in [0.5, 0.6) is 0 Å². The summed E-state index contributed by atoms with van der Waals surface area (Å²) in [7, 11) is 0. The lowest BCUT2D eigenvalue weighted by Gasteiger charge is -2.40. The Morgan fingerprint density at radius 1 is 1.50 bits per heavy atom. The number of hydrogen-bond acceptors (Lipinski definition) is 3. The van der Waals surface area contributed by atoms with Gasteiger partial charge in [-0.2, -0.15) is 11.8 Å². The third-order valence-corrected chi connectivity index (χ3v) is 5.17. The van der Waals surface area contributed by atoms with Crippen molar-refractivity contribution >= 4 is 11.8 Å². The summed E-state index contributed by atoms with van der Waals surface area (Å²) in [5.41, 5.74) is 6.53. The van der Waals surface area contributed by atoms with Gasteiger partial charge in [0.15, 0.2) is 0 Å². The Hall–Kier alpha value is 0.270. The van der Waals surface area contributed by atoms with E-state index in [2.05, 4.69) is 13.8 Å². The molecule has 2 fully saturated rings. The Kier molecular flexibility index (Phi) is 4.20. The smallest absolute Gasteiger partial charge is 0.0783 e. The van der Waals surface area contributed by atoms with E-state index in [1.165, 1.54) is 30.8 Å². The van der Waals surface area contributed by atoms with Crippen molar-refractivity contribution in [1.29, 1.82) is 0 Å². The van der Waals surface area contributed by atoms with Gasteiger partial charge in [-0.3, -0.25) is 0 Å². The summed E-state index contributed by atoms with van der Waals surface area (Å²) in [6.07, 6.45) is 4.77. The molecule has 3 atom stereocenters. The minimum absolute atomic E-state index is 0.197. The predicted octanol–water partition coefficient (Wildman–Crippen LogP) is 2.66. The van der Waals surface area contributed by atoms with E-state index >= 15 is 0 Å². The molecule has 2 nitrogen and oxygen atoms in total. The van der Waals surface area contributed by atoms with Crippen molar-refractivity contribution < 1.29 is 4.74 Å². The van der Waals surface area contributed by atoms with Crippen LogP contribution in [0.15, 0.2) is 0 Å². The van der Waals surface area contributed by atoms with Gasteiger partial charge in [-0.1, -0.05) is 13.8 Å². The standard InChI is InChI=1S/C13H25NOS/c1-10(2)7-12(14)11-3-5-15-13(8-11)4-6-16-9-13/h10-12H,3-9,14H2,1-2H3. The Labute approximate surface area is 104 Å². The second kappa shape index (κ2) is 5.28. The molecule has 0 aromatic heterocycles. The van der Waals surface area contributed by atoms with Gasteiger partial charge in [0.1, 0.15) is 0 Å². The molecule has 1 spiro atoms. The van der Waals surface area contributed by atoms with Gasteiger partial charge in [0.25, 0.3) is 0 Å². The van der Waals surface area contributed by atoms with E-state index in [0.29, 0.717) is 17.9 Å². The van der Waals surface area contributed by atoms with Crippen molar-refractivity contribution in [2.45, 2.75) is 51.2 Å². The van der Waals surface area contributed by atoms with Gasteiger partial charge in [-0.05, 0) is 43.3 Å². The van der Waals surface area contributed by atoms with Crippen LogP contribution in [0.1, 0.15) is 39.5 Å². The zero-order valence-corrected chi connectivity index (χ0v) is 11.4. The van der Waals surface area contributed by atoms with Crippen molar-refractivity contribution in [2.75, 3.05) is 18.1 Å². The molecule has 0 aromatic rings. The lowest BCUT2D eigenvalue weighted by molar-refractivity contribution is -0.0839. The number of ether oxygens (including phenoxy) is 1. The third kappa shape index (κ3) is 2.93. The van der Waals surface area contributed by atoms with Gasteiger partial charge in [-0.25, -0.2) is 0 Å². The molecule has 16 heavy (non-hydrogen) atoms. The zero-order valence-electron chi connectivity index (χ0n) is 10.6. The first-order valence-corrected chi connectivity index (χ1v) is 7.74. The first-order chi connectivity index (χ1) is 7.61. The lowest BCUT2D eigenvalue weighted by atomic mass is 9.79. The maximum atomic E-state index is 6.34. The monoisotopic (exact) mass is 243 g/mol. The molecule has 2 saturated heterocycles. The fraction of sp³-hybridized carbons (Fsp3) is 1.00. The molecule has 2 rings (SSSR count). The number of rotatable bonds is 3. The van der Waals surface area contributed by atoms with Crippen LogP contribution in [-0.4, -0.2) is 29.8 Å². The van der Waals surface area contributed by atoms with Crippen LogP contribution in [0.25, 0.3) is 0 Å². The van der Waals surface area contributed by atoms with Gasteiger partial charge >= 0.3 is 0 Å². The molecule has 0 bridgehead atoms. The molecule has 0 radical (unpaired) electrons. The number of nitrogens with two attached hydrogens (primary N) is 1. The van der Waals surface area contributed by atoms with Gasteiger partial charge < -0.3 is 10.5 Å². The molecule has 2 aliphatic rings. The molecule has 0 saturated carbocycles. The molecule has 0 amide bonds. The average molecular weight is 243 g/mol. The maximum Gasteiger partial charge on any atom is 0.0783 e. The molecule has 2 aliphatic heterocycles. The van der Waals surface area contributed by atoms with Crippen LogP contribution >= 0.6 is 11.8 Å². The van der Waals surface area contributed by atoms with Crippen molar-refractivity contribution in [2.24, 2.45) is 17.6 Å². The largest absolute Gasteiger partial charge is 0.374 e. The van der Waals surface area contributed by atoms with E-state index < -0.39 is 0 Å². The molecule has 0 aromatic carbocycles. The lowest BCUT2D eigenvalue weighted by Crippen LogP contribution is -2.45. The maximum absolute atomic E-state index is 6.34. The number of hydrogen-bond donors (Lipinski definition) is 1. The summed E-state index contributed by atoms with van der Waals surface area (Å²) < 4.78 is 6.04. The Morgan fingerprint density at radius 3 is 2.94 bits per heavy atom. The summed E-state index contributed by atoms with van der Waals surface area (Å²) in [5, 5.41) is 0. The van der Waals surface area contributed by atoms with Crippen LogP contribution in [-0.2, 0) is 4.74 Å². The quantitative estimate of drug-likeness (QED) is 0.827. The summed E-state index contributed by atoms with van der Waals surface area (Å²) in [6.45, 7) is 5.46. The second-order valence-corrected chi connectivity index (χ2v) is 6.99. The molecular weight excluding hydrogens is 218 g/mol. The average Bonchev–Trinajstić information content (AvgIpc) is 2.65. The predicted molar refractivity (Wildman–Crippen MR) is 70.8 cm³/mol. The minimum Gasteiger partial charge on any atom is -0.374 e. The fourth-order valence-electron chi connectivity index (χ4n) is 3.03. The van der Waals surface area contributed by atoms with Gasteiger partial charge in [-0.15, -0.1) is 0 Å². The summed E-state index contributed by atoms with van der Waals surface area (Å²) >= 11 is 2.04. The highest BCUT2D eigenvalue weighted by Crippen LogP contribution is 2.41. The fourth-order valence-corrected chi connectivity index (χ4v) is 4.41. The molecule has 3 unspecified atom stereocenters. The van der Waals surface area contributed by atoms with Crippen molar-refractivity contribution in [1.82, 2.24) is 0 Å². The molecule has 94 valence electrons. The summed E-state index contributed by atoms with van der Waals surface area (Å²) in [5.74, 6) is 3.87. The SMILES string of the molecule is CC(C)CC(N)C1CCOC2(CCSC2)C1. The summed E-state index contributed by atoms with van der Waals surface area (Å²) in [6, 6.07) is 0.381. The first-order valence-electron chi connectivity index (χ1n) is 6.59. The molecule has 3 heteroatoms. The Morgan fingerprint density at radius 2 is 2.31 bits per heavy atom. The molecule has 2 N–H and O–H groups in total. The minimum atomic E-state index is 0.197. The van der Waals surface area contributed by atoms with E-state index in [1.807, 2.05) is 11.8 Å². The Balaban J connectivity index is 1.90. The van der Waals surface area contributed by atoms with E-state index in [1.54, 1.807) is 0 Å². The van der Waals surface area contributed by atoms with Crippen molar-refractivity contribution in [3.05, 3.63) is 0 Å². The van der Waals surface area contributed by atoms with Crippen LogP contribution in [0.3, 0.4) is 0 Å². The van der Waals surface area contributed by atoms with Crippen LogP contribution in [0, 0.1) is 11.8 Å². The zero-order chi connectivity index (χ0) is 11.6. The van der Waals surface area contributed by atoms with Crippen LogP contribution < -0.4 is 5.73 Å². The van der Waals surface area contributed by atoms with E-state index in [9.17, 15) is 0 Å². The summed E-state index contributed by atoms with van der Waals surface area (Å²) in [4.78, 5) is 0. The topological polar surface area (TPSA) is 35.2 Å². The van der Waals surface area contributed by atoms with Gasteiger partial charge in [0.2, 0.25) is 0 Å².